The minimum absolute atomic E-state index is 0.0552. The normalized spacial score (nSPS) is 15.6. The van der Waals surface area contributed by atoms with E-state index in [9.17, 15) is 24.9 Å². The molecule has 0 spiro atoms. The van der Waals surface area contributed by atoms with Gasteiger partial charge >= 0.3 is 0 Å². The number of quaternary nitrogens is 1. The van der Waals surface area contributed by atoms with Crippen molar-refractivity contribution in [2.75, 3.05) is 27.7 Å². The van der Waals surface area contributed by atoms with E-state index < -0.39 is 29.9 Å². The molecule has 0 aliphatic heterocycles. The number of aliphatic hydroxyl groups is 2. The number of unbranched alkanes of at least 4 members (excludes halogenated alkanes) is 6. The Bertz CT molecular complexity index is 470. The Morgan fingerprint density at radius 1 is 1.07 bits per heavy atom. The fourth-order valence-electron chi connectivity index (χ4n) is 3.17. The summed E-state index contributed by atoms with van der Waals surface area (Å²) in [5.74, 6) is -2.14. The van der Waals surface area contributed by atoms with Gasteiger partial charge in [-0.15, -0.1) is 0 Å². The zero-order chi connectivity index (χ0) is 20.9. The second kappa shape index (κ2) is 13.0. The molecule has 0 bridgehead atoms. The van der Waals surface area contributed by atoms with Gasteiger partial charge in [-0.3, -0.25) is 4.79 Å². The number of carboxylic acid groups (broad SMARTS) is 1. The minimum atomic E-state index is -2.03. The number of aliphatic hydroxyl groups excluding tert-OH is 1. The van der Waals surface area contributed by atoms with Crippen LogP contribution in [0.15, 0.2) is 12.2 Å². The van der Waals surface area contributed by atoms with Gasteiger partial charge in [-0.2, -0.15) is 0 Å². The molecule has 158 valence electrons. The lowest BCUT2D eigenvalue weighted by molar-refractivity contribution is -0.875. The third kappa shape index (κ3) is 13.6. The molecule has 0 saturated heterocycles. The van der Waals surface area contributed by atoms with E-state index in [0.717, 1.165) is 12.8 Å². The summed E-state index contributed by atoms with van der Waals surface area (Å²) in [4.78, 5) is 23.4. The zero-order valence-electron chi connectivity index (χ0n) is 17.6. The fraction of sp³-hybridized carbons (Fsp3) is 0.810. The molecule has 6 nitrogen and oxygen atoms in total. The summed E-state index contributed by atoms with van der Waals surface area (Å²) >= 11 is 0. The number of aliphatic carboxylic acids is 1. The van der Waals surface area contributed by atoms with Crippen LogP contribution in [0.3, 0.4) is 0 Å². The maximum Gasteiger partial charge on any atom is 0.177 e. The second-order valence-electron chi connectivity index (χ2n) is 8.57. The van der Waals surface area contributed by atoms with Crippen LogP contribution in [0.5, 0.6) is 0 Å². The number of carboxylic acids is 1. The van der Waals surface area contributed by atoms with E-state index >= 15 is 0 Å². The van der Waals surface area contributed by atoms with E-state index in [-0.39, 0.29) is 17.4 Å². The number of carbonyl (C=O) groups excluding carboxylic acids is 2. The highest BCUT2D eigenvalue weighted by Crippen LogP contribution is 2.19. The zero-order valence-corrected chi connectivity index (χ0v) is 17.6. The summed E-state index contributed by atoms with van der Waals surface area (Å²) < 4.78 is 0.226. The van der Waals surface area contributed by atoms with Crippen molar-refractivity contribution in [2.45, 2.75) is 82.8 Å². The number of carbonyl (C=O) groups is 2. The lowest BCUT2D eigenvalue weighted by Crippen LogP contribution is -2.56. The molecule has 2 atom stereocenters. The van der Waals surface area contributed by atoms with Crippen molar-refractivity contribution in [3.8, 4) is 0 Å². The molecule has 0 aromatic carbocycles. The maximum absolute atomic E-state index is 12.4. The lowest BCUT2D eigenvalue weighted by Gasteiger charge is -2.35. The molecule has 0 saturated carbocycles. The molecular formula is C21H39NO5. The first kappa shape index (κ1) is 25.8. The molecule has 0 aromatic heterocycles. The summed E-state index contributed by atoms with van der Waals surface area (Å²) in [6, 6.07) is 0. The Labute approximate surface area is 164 Å². The van der Waals surface area contributed by atoms with Crippen molar-refractivity contribution in [2.24, 2.45) is 0 Å². The van der Waals surface area contributed by atoms with Crippen LogP contribution in [-0.2, 0) is 9.59 Å². The highest BCUT2D eigenvalue weighted by molar-refractivity contribution is 5.91. The van der Waals surface area contributed by atoms with Crippen molar-refractivity contribution in [1.29, 1.82) is 0 Å². The first-order chi connectivity index (χ1) is 12.5. The Morgan fingerprint density at radius 2 is 1.67 bits per heavy atom. The van der Waals surface area contributed by atoms with Gasteiger partial charge in [-0.05, 0) is 19.3 Å². The van der Waals surface area contributed by atoms with Gasteiger partial charge in [0, 0.05) is 18.8 Å². The van der Waals surface area contributed by atoms with Crippen molar-refractivity contribution >= 4 is 11.8 Å². The van der Waals surface area contributed by atoms with Crippen LogP contribution in [0.25, 0.3) is 0 Å². The third-order valence-corrected chi connectivity index (χ3v) is 4.41. The van der Waals surface area contributed by atoms with Gasteiger partial charge in [0.05, 0.1) is 27.2 Å². The topological polar surface area (TPSA) is 97.7 Å². The van der Waals surface area contributed by atoms with Crippen LogP contribution < -0.4 is 5.11 Å². The summed E-state index contributed by atoms with van der Waals surface area (Å²) in [6.07, 6.45) is 10.5. The summed E-state index contributed by atoms with van der Waals surface area (Å²) in [7, 11) is 5.28. The molecule has 27 heavy (non-hydrogen) atoms. The first-order valence-corrected chi connectivity index (χ1v) is 10.1. The summed E-state index contributed by atoms with van der Waals surface area (Å²) in [5, 5.41) is 31.6. The molecule has 0 heterocycles. The quantitative estimate of drug-likeness (QED) is 0.239. The molecular weight excluding hydrogens is 346 g/mol. The van der Waals surface area contributed by atoms with Crippen LogP contribution >= 0.6 is 0 Å². The monoisotopic (exact) mass is 385 g/mol. The van der Waals surface area contributed by atoms with Crippen LogP contribution in [0, 0.1) is 0 Å². The predicted octanol–water partition coefficient (Wildman–Crippen LogP) is 1.58. The molecule has 0 aromatic rings. The Kier molecular flexibility index (Phi) is 12.4. The number of likely N-dealkylation sites (N-methyl/N-ethyl adjacent to an activating group) is 1. The van der Waals surface area contributed by atoms with Gasteiger partial charge in [0.15, 0.2) is 11.4 Å². The third-order valence-electron chi connectivity index (χ3n) is 4.41. The van der Waals surface area contributed by atoms with E-state index in [0.29, 0.717) is 6.42 Å². The van der Waals surface area contributed by atoms with Gasteiger partial charge in [0.2, 0.25) is 0 Å². The van der Waals surface area contributed by atoms with Crippen LogP contribution in [-0.4, -0.2) is 65.8 Å². The average molecular weight is 386 g/mol. The Balaban J connectivity index is 4.35. The molecule has 6 heteroatoms. The van der Waals surface area contributed by atoms with E-state index in [1.165, 1.54) is 32.1 Å². The molecule has 2 unspecified atom stereocenters. The van der Waals surface area contributed by atoms with Gasteiger partial charge in [-0.25, -0.2) is 0 Å². The minimum Gasteiger partial charge on any atom is -0.550 e. The lowest BCUT2D eigenvalue weighted by atomic mass is 9.89. The maximum atomic E-state index is 12.4. The SMILES string of the molecule is CCCCCCCC/C=C\CC(O)CC(=O)C(O)(CC(=O)[O-])C[N+](C)(C)C. The van der Waals surface area contributed by atoms with E-state index in [1.54, 1.807) is 21.1 Å². The number of rotatable bonds is 16. The molecule has 0 radical (unpaired) electrons. The highest BCUT2D eigenvalue weighted by atomic mass is 16.4. The predicted molar refractivity (Wildman–Crippen MR) is 105 cm³/mol. The first-order valence-electron chi connectivity index (χ1n) is 10.1. The Hall–Kier alpha value is -1.24. The number of ketones is 1. The second-order valence-corrected chi connectivity index (χ2v) is 8.57. The van der Waals surface area contributed by atoms with Crippen LogP contribution in [0.4, 0.5) is 0 Å². The van der Waals surface area contributed by atoms with Crippen molar-refractivity contribution < 1.29 is 29.4 Å². The average Bonchev–Trinajstić information content (AvgIpc) is 2.50. The molecule has 0 aliphatic carbocycles. The van der Waals surface area contributed by atoms with Crippen molar-refractivity contribution in [1.82, 2.24) is 0 Å². The van der Waals surface area contributed by atoms with E-state index in [2.05, 4.69) is 6.92 Å². The summed E-state index contributed by atoms with van der Waals surface area (Å²) in [5.41, 5.74) is -2.03. The number of hydrogen-bond acceptors (Lipinski definition) is 5. The van der Waals surface area contributed by atoms with Crippen molar-refractivity contribution in [3.05, 3.63) is 12.2 Å². The smallest absolute Gasteiger partial charge is 0.177 e. The van der Waals surface area contributed by atoms with Crippen LogP contribution in [0.1, 0.15) is 71.1 Å². The van der Waals surface area contributed by atoms with E-state index in [4.69, 9.17) is 0 Å². The van der Waals surface area contributed by atoms with Gasteiger partial charge < -0.3 is 24.6 Å². The van der Waals surface area contributed by atoms with Gasteiger partial charge in [0.1, 0.15) is 6.54 Å². The molecule has 0 amide bonds. The van der Waals surface area contributed by atoms with E-state index in [1.807, 2.05) is 12.2 Å². The van der Waals surface area contributed by atoms with Gasteiger partial charge in [0.25, 0.3) is 0 Å². The molecule has 0 aliphatic rings. The standard InChI is InChI=1S/C21H39NO5/c1-5-6-7-8-9-10-11-12-13-14-18(23)15-19(24)21(27,16-20(25)26)17-22(2,3)4/h12-13,18,23,27H,5-11,14-17H2,1-4H3/b13-12-. The van der Waals surface area contributed by atoms with Crippen molar-refractivity contribution in [3.63, 3.8) is 0 Å². The van der Waals surface area contributed by atoms with Gasteiger partial charge in [-0.1, -0.05) is 51.2 Å². The highest BCUT2D eigenvalue weighted by Gasteiger charge is 2.41. The largest absolute Gasteiger partial charge is 0.550 e. The fourth-order valence-corrected chi connectivity index (χ4v) is 3.17. The van der Waals surface area contributed by atoms with Crippen LogP contribution in [0.2, 0.25) is 0 Å². The molecule has 2 N–H and O–H groups in total. The molecule has 0 fully saturated rings. The molecule has 0 rings (SSSR count). The number of nitrogens with zero attached hydrogens (tertiary/aromatic N) is 1. The summed E-state index contributed by atoms with van der Waals surface area (Å²) in [6.45, 7) is 2.14. The number of Topliss-reactive ketones (excluding diaryl/α,β-unsaturated/α-hetero) is 1. The number of allylic oxidation sites excluding steroid dienone is 1. The Morgan fingerprint density at radius 3 is 2.22 bits per heavy atom. The number of hydrogen-bond donors (Lipinski definition) is 2.